The van der Waals surface area contributed by atoms with Gasteiger partial charge in [0, 0.05) is 31.1 Å². The first-order chi connectivity index (χ1) is 8.10. The standard InChI is InChI=1S/C13H23N3O/c1-5-7-14-8-11-9-15-12(16-10-11)13(3,4)17-6-2/h9-10,14H,5-8H2,1-4H3. The molecule has 96 valence electrons. The predicted octanol–water partition coefficient (Wildman–Crippen LogP) is 2.25. The summed E-state index contributed by atoms with van der Waals surface area (Å²) in [7, 11) is 0. The van der Waals surface area contributed by atoms with Crippen molar-refractivity contribution in [2.45, 2.75) is 46.3 Å². The molecule has 0 amide bonds. The normalized spacial score (nSPS) is 11.8. The van der Waals surface area contributed by atoms with Gasteiger partial charge in [-0.2, -0.15) is 0 Å². The number of rotatable bonds is 7. The highest BCUT2D eigenvalue weighted by Gasteiger charge is 2.23. The molecule has 0 saturated carbocycles. The zero-order valence-electron chi connectivity index (χ0n) is 11.3. The fourth-order valence-electron chi connectivity index (χ4n) is 1.59. The van der Waals surface area contributed by atoms with Gasteiger partial charge in [0.25, 0.3) is 0 Å². The molecule has 1 aromatic heterocycles. The Morgan fingerprint density at radius 3 is 2.41 bits per heavy atom. The highest BCUT2D eigenvalue weighted by atomic mass is 16.5. The van der Waals surface area contributed by atoms with Crippen LogP contribution < -0.4 is 5.32 Å². The van der Waals surface area contributed by atoms with Crippen LogP contribution in [0.3, 0.4) is 0 Å². The van der Waals surface area contributed by atoms with Crippen molar-refractivity contribution in [2.75, 3.05) is 13.2 Å². The minimum atomic E-state index is -0.413. The quantitative estimate of drug-likeness (QED) is 0.739. The van der Waals surface area contributed by atoms with E-state index in [-0.39, 0.29) is 0 Å². The molecule has 0 atom stereocenters. The lowest BCUT2D eigenvalue weighted by molar-refractivity contribution is -0.0208. The molecule has 1 aromatic rings. The van der Waals surface area contributed by atoms with Gasteiger partial charge in [-0.05, 0) is 33.7 Å². The largest absolute Gasteiger partial charge is 0.368 e. The molecule has 0 aliphatic rings. The number of nitrogens with zero attached hydrogens (tertiary/aromatic N) is 2. The van der Waals surface area contributed by atoms with Crippen LogP contribution in [-0.4, -0.2) is 23.1 Å². The van der Waals surface area contributed by atoms with Crippen LogP contribution in [0.1, 0.15) is 45.5 Å². The smallest absolute Gasteiger partial charge is 0.159 e. The Bertz CT molecular complexity index is 322. The van der Waals surface area contributed by atoms with Gasteiger partial charge in [-0.1, -0.05) is 6.92 Å². The van der Waals surface area contributed by atoms with Gasteiger partial charge in [-0.15, -0.1) is 0 Å². The molecule has 1 heterocycles. The number of aromatic nitrogens is 2. The lowest BCUT2D eigenvalue weighted by Crippen LogP contribution is -2.25. The molecule has 17 heavy (non-hydrogen) atoms. The van der Waals surface area contributed by atoms with Crippen LogP contribution in [0.4, 0.5) is 0 Å². The summed E-state index contributed by atoms with van der Waals surface area (Å²) in [5, 5.41) is 3.32. The van der Waals surface area contributed by atoms with E-state index in [1.807, 2.05) is 33.2 Å². The molecule has 0 fully saturated rings. The van der Waals surface area contributed by atoms with Gasteiger partial charge in [0.15, 0.2) is 5.82 Å². The van der Waals surface area contributed by atoms with E-state index in [0.717, 1.165) is 30.9 Å². The van der Waals surface area contributed by atoms with E-state index in [1.165, 1.54) is 0 Å². The fourth-order valence-corrected chi connectivity index (χ4v) is 1.59. The van der Waals surface area contributed by atoms with Crippen molar-refractivity contribution in [1.82, 2.24) is 15.3 Å². The Hall–Kier alpha value is -1.00. The third-order valence-corrected chi connectivity index (χ3v) is 2.50. The van der Waals surface area contributed by atoms with Crippen molar-refractivity contribution >= 4 is 0 Å². The number of hydrogen-bond donors (Lipinski definition) is 1. The molecule has 0 spiro atoms. The van der Waals surface area contributed by atoms with Crippen LogP contribution in [0.2, 0.25) is 0 Å². The minimum Gasteiger partial charge on any atom is -0.368 e. The maximum atomic E-state index is 5.61. The van der Waals surface area contributed by atoms with Crippen LogP contribution in [0.5, 0.6) is 0 Å². The summed E-state index contributed by atoms with van der Waals surface area (Å²) in [5.74, 6) is 0.735. The highest BCUT2D eigenvalue weighted by molar-refractivity contribution is 5.08. The Morgan fingerprint density at radius 1 is 1.24 bits per heavy atom. The van der Waals surface area contributed by atoms with Crippen LogP contribution in [-0.2, 0) is 16.9 Å². The summed E-state index contributed by atoms with van der Waals surface area (Å²) in [6, 6.07) is 0. The first-order valence-electron chi connectivity index (χ1n) is 6.26. The molecule has 0 aromatic carbocycles. The molecule has 4 heteroatoms. The topological polar surface area (TPSA) is 47.0 Å². The van der Waals surface area contributed by atoms with E-state index in [4.69, 9.17) is 4.74 Å². The summed E-state index contributed by atoms with van der Waals surface area (Å²) in [6.07, 6.45) is 4.87. The fraction of sp³-hybridized carbons (Fsp3) is 0.692. The third-order valence-electron chi connectivity index (χ3n) is 2.50. The average molecular weight is 237 g/mol. The molecular formula is C13H23N3O. The van der Waals surface area contributed by atoms with Gasteiger partial charge in [-0.25, -0.2) is 9.97 Å². The molecule has 0 aliphatic heterocycles. The van der Waals surface area contributed by atoms with Crippen molar-refractivity contribution in [1.29, 1.82) is 0 Å². The molecule has 0 unspecified atom stereocenters. The van der Waals surface area contributed by atoms with Crippen molar-refractivity contribution in [2.24, 2.45) is 0 Å². The summed E-state index contributed by atoms with van der Waals surface area (Å²) in [4.78, 5) is 8.74. The molecule has 0 radical (unpaired) electrons. The van der Waals surface area contributed by atoms with Gasteiger partial charge in [0.2, 0.25) is 0 Å². The maximum Gasteiger partial charge on any atom is 0.159 e. The maximum absolute atomic E-state index is 5.61. The first-order valence-corrected chi connectivity index (χ1v) is 6.26. The summed E-state index contributed by atoms with van der Waals surface area (Å²) in [6.45, 7) is 10.6. The van der Waals surface area contributed by atoms with Gasteiger partial charge in [0.05, 0.1) is 0 Å². The van der Waals surface area contributed by atoms with E-state index >= 15 is 0 Å². The van der Waals surface area contributed by atoms with Crippen molar-refractivity contribution in [3.63, 3.8) is 0 Å². The SMILES string of the molecule is CCCNCc1cnc(C(C)(C)OCC)nc1. The zero-order valence-corrected chi connectivity index (χ0v) is 11.3. The Morgan fingerprint density at radius 2 is 1.88 bits per heavy atom. The molecule has 1 N–H and O–H groups in total. The molecule has 4 nitrogen and oxygen atoms in total. The van der Waals surface area contributed by atoms with E-state index in [1.54, 1.807) is 0 Å². The number of nitrogens with one attached hydrogen (secondary N) is 1. The third kappa shape index (κ3) is 4.40. The van der Waals surface area contributed by atoms with Crippen molar-refractivity contribution in [3.8, 4) is 0 Å². The zero-order chi connectivity index (χ0) is 12.7. The van der Waals surface area contributed by atoms with Crippen LogP contribution in [0.25, 0.3) is 0 Å². The molecular weight excluding hydrogens is 214 g/mol. The second-order valence-electron chi connectivity index (χ2n) is 4.54. The predicted molar refractivity (Wildman–Crippen MR) is 68.7 cm³/mol. The molecule has 1 rings (SSSR count). The molecule has 0 bridgehead atoms. The van der Waals surface area contributed by atoms with Crippen LogP contribution in [0, 0.1) is 0 Å². The van der Waals surface area contributed by atoms with E-state index in [2.05, 4.69) is 22.2 Å². The van der Waals surface area contributed by atoms with Gasteiger partial charge in [-0.3, -0.25) is 0 Å². The molecule has 0 aliphatic carbocycles. The second-order valence-corrected chi connectivity index (χ2v) is 4.54. The highest BCUT2D eigenvalue weighted by Crippen LogP contribution is 2.20. The summed E-state index contributed by atoms with van der Waals surface area (Å²) < 4.78 is 5.61. The van der Waals surface area contributed by atoms with Gasteiger partial charge in [0.1, 0.15) is 5.60 Å². The lowest BCUT2D eigenvalue weighted by Gasteiger charge is -2.22. The average Bonchev–Trinajstić information content (AvgIpc) is 2.30. The van der Waals surface area contributed by atoms with E-state index in [9.17, 15) is 0 Å². The first kappa shape index (κ1) is 14.1. The van der Waals surface area contributed by atoms with Gasteiger partial charge >= 0.3 is 0 Å². The van der Waals surface area contributed by atoms with Gasteiger partial charge < -0.3 is 10.1 Å². The number of ether oxygens (including phenoxy) is 1. The van der Waals surface area contributed by atoms with Crippen LogP contribution in [0.15, 0.2) is 12.4 Å². The van der Waals surface area contributed by atoms with Crippen LogP contribution >= 0.6 is 0 Å². The second kappa shape index (κ2) is 6.67. The monoisotopic (exact) mass is 237 g/mol. The minimum absolute atomic E-state index is 0.413. The molecule has 0 saturated heterocycles. The Balaban J connectivity index is 2.61. The Labute approximate surface area is 104 Å². The number of hydrogen-bond acceptors (Lipinski definition) is 4. The summed E-state index contributed by atoms with van der Waals surface area (Å²) in [5.41, 5.74) is 0.693. The lowest BCUT2D eigenvalue weighted by atomic mass is 10.1. The van der Waals surface area contributed by atoms with Crippen molar-refractivity contribution in [3.05, 3.63) is 23.8 Å². The summed E-state index contributed by atoms with van der Waals surface area (Å²) >= 11 is 0. The Kier molecular flexibility index (Phi) is 5.51. The van der Waals surface area contributed by atoms with Crippen molar-refractivity contribution < 1.29 is 4.74 Å². The van der Waals surface area contributed by atoms with E-state index in [0.29, 0.717) is 6.61 Å². The van der Waals surface area contributed by atoms with E-state index < -0.39 is 5.60 Å².